The Morgan fingerprint density at radius 2 is 1.78 bits per heavy atom. The van der Waals surface area contributed by atoms with Gasteiger partial charge < -0.3 is 14.6 Å². The number of rotatable bonds is 4. The van der Waals surface area contributed by atoms with Gasteiger partial charge in [-0.1, -0.05) is 27.6 Å². The van der Waals surface area contributed by atoms with Crippen molar-refractivity contribution in [2.75, 3.05) is 26.7 Å². The Morgan fingerprint density at radius 1 is 1.08 bits per heavy atom. The number of alkyl halides is 3. The fraction of sp³-hybridized carbons (Fsp3) is 0.500. The van der Waals surface area contributed by atoms with E-state index in [0.717, 1.165) is 9.80 Å². The second kappa shape index (κ2) is 8.36. The Morgan fingerprint density at radius 3 is 2.39 bits per heavy atom. The molecule has 0 unspecified atom stereocenters. The fourth-order valence-electron chi connectivity index (χ4n) is 6.39. The number of hydrogen-bond donors (Lipinski definition) is 1. The molecule has 2 heterocycles. The van der Waals surface area contributed by atoms with Gasteiger partial charge in [-0.25, -0.2) is 0 Å². The number of aromatic hydroxyl groups is 1. The number of likely N-dealkylation sites (tertiary alicyclic amines) is 2. The first kappa shape index (κ1) is 25.4. The summed E-state index contributed by atoms with van der Waals surface area (Å²) in [5.74, 6) is -5.09. The first-order valence-electron chi connectivity index (χ1n) is 11.2. The molecular formula is C24H23BrCl2N2O7. The molecule has 0 bridgehead atoms. The highest BCUT2D eigenvalue weighted by Gasteiger charge is 2.76. The second-order valence-electron chi connectivity index (χ2n) is 9.48. The van der Waals surface area contributed by atoms with Gasteiger partial charge in [-0.05, 0) is 18.8 Å². The number of phenols is 1. The van der Waals surface area contributed by atoms with Gasteiger partial charge in [-0.15, -0.1) is 23.2 Å². The molecule has 4 amide bonds. The van der Waals surface area contributed by atoms with Crippen molar-refractivity contribution in [1.29, 1.82) is 0 Å². The van der Waals surface area contributed by atoms with Crippen molar-refractivity contribution in [3.8, 4) is 17.2 Å². The van der Waals surface area contributed by atoms with Crippen molar-refractivity contribution in [2.45, 2.75) is 28.5 Å². The fourth-order valence-corrected chi connectivity index (χ4v) is 7.80. The Bertz CT molecular complexity index is 1260. The van der Waals surface area contributed by atoms with Crippen LogP contribution in [0.5, 0.6) is 17.2 Å². The van der Waals surface area contributed by atoms with Crippen LogP contribution in [-0.4, -0.2) is 75.0 Å². The molecule has 0 aromatic heterocycles. The molecule has 1 aromatic carbocycles. The number of benzene rings is 1. The van der Waals surface area contributed by atoms with Gasteiger partial charge in [0.25, 0.3) is 11.8 Å². The van der Waals surface area contributed by atoms with Crippen molar-refractivity contribution in [2.24, 2.45) is 17.8 Å². The summed E-state index contributed by atoms with van der Waals surface area (Å²) < 4.78 is 10.8. The maximum absolute atomic E-state index is 13.8. The zero-order valence-corrected chi connectivity index (χ0v) is 22.7. The Hall–Kier alpha value is -2.30. The summed E-state index contributed by atoms with van der Waals surface area (Å²) in [6, 6.07) is 2.88. The molecule has 1 saturated carbocycles. The Labute approximate surface area is 225 Å². The van der Waals surface area contributed by atoms with Crippen LogP contribution < -0.4 is 9.47 Å². The zero-order valence-electron chi connectivity index (χ0n) is 19.6. The van der Waals surface area contributed by atoms with Crippen molar-refractivity contribution >= 4 is 62.8 Å². The SMILES string of the molecule is COc1cc(O)c([C@H]2C3=CC[C@@H]4C(=O)N(C)C(=O)[C@@H]4[C@@H]3C[C@@]3(Cl)C(=O)N(CBr)C(=O)[C@@]23Cl)c(OC)c1. The number of phenolic OH excluding ortho intramolecular Hbond substituents is 1. The third kappa shape index (κ3) is 2.95. The molecule has 0 radical (unpaired) electrons. The van der Waals surface area contributed by atoms with Crippen LogP contribution in [0.15, 0.2) is 23.8 Å². The highest BCUT2D eigenvalue weighted by atomic mass is 79.9. The second-order valence-corrected chi connectivity index (χ2v) is 11.2. The van der Waals surface area contributed by atoms with Crippen molar-refractivity contribution in [3.05, 3.63) is 29.3 Å². The molecule has 0 spiro atoms. The van der Waals surface area contributed by atoms with Gasteiger partial charge in [0.15, 0.2) is 9.75 Å². The van der Waals surface area contributed by atoms with Crippen LogP contribution in [0.2, 0.25) is 0 Å². The summed E-state index contributed by atoms with van der Waals surface area (Å²) in [6.07, 6.45) is 1.91. The van der Waals surface area contributed by atoms with E-state index in [4.69, 9.17) is 32.7 Å². The van der Waals surface area contributed by atoms with Gasteiger partial charge >= 0.3 is 0 Å². The van der Waals surface area contributed by atoms with Gasteiger partial charge in [-0.2, -0.15) is 0 Å². The van der Waals surface area contributed by atoms with E-state index in [1.165, 1.54) is 33.4 Å². The molecule has 12 heteroatoms. The number of imide groups is 2. The molecule has 192 valence electrons. The summed E-state index contributed by atoms with van der Waals surface area (Å²) in [7, 11) is 4.24. The minimum absolute atomic E-state index is 0.123. The van der Waals surface area contributed by atoms with Crippen LogP contribution >= 0.6 is 39.1 Å². The summed E-state index contributed by atoms with van der Waals surface area (Å²) in [6.45, 7) is 0. The number of methoxy groups -OCH3 is 2. The van der Waals surface area contributed by atoms with E-state index >= 15 is 0 Å². The summed E-state index contributed by atoms with van der Waals surface area (Å²) in [5.41, 5.74) is 0.577. The van der Waals surface area contributed by atoms with Gasteiger partial charge in [-0.3, -0.25) is 29.0 Å². The lowest BCUT2D eigenvalue weighted by Crippen LogP contribution is -2.60. The zero-order chi connectivity index (χ0) is 26.3. The monoisotopic (exact) mass is 600 g/mol. The quantitative estimate of drug-likeness (QED) is 0.244. The molecule has 2 saturated heterocycles. The minimum atomic E-state index is -2.04. The number of allylic oxidation sites excluding steroid dienone is 2. The lowest BCUT2D eigenvalue weighted by Gasteiger charge is -2.51. The predicted octanol–water partition coefficient (Wildman–Crippen LogP) is 2.75. The van der Waals surface area contributed by atoms with Crippen LogP contribution in [0.3, 0.4) is 0 Å². The number of fused-ring (bicyclic) bond motifs is 4. The molecule has 1 aromatic rings. The smallest absolute Gasteiger partial charge is 0.254 e. The maximum atomic E-state index is 13.8. The minimum Gasteiger partial charge on any atom is -0.507 e. The molecule has 36 heavy (non-hydrogen) atoms. The predicted molar refractivity (Wildman–Crippen MR) is 132 cm³/mol. The summed E-state index contributed by atoms with van der Waals surface area (Å²) >= 11 is 17.4. The number of carbonyl (C=O) groups excluding carboxylic acids is 4. The molecule has 4 aliphatic rings. The van der Waals surface area contributed by atoms with E-state index in [0.29, 0.717) is 11.3 Å². The van der Waals surface area contributed by atoms with Crippen molar-refractivity contribution in [3.63, 3.8) is 0 Å². The summed E-state index contributed by atoms with van der Waals surface area (Å²) in [4.78, 5) is 51.4. The van der Waals surface area contributed by atoms with E-state index in [2.05, 4.69) is 15.9 Å². The number of amides is 4. The van der Waals surface area contributed by atoms with Gasteiger partial charge in [0.2, 0.25) is 11.8 Å². The summed E-state index contributed by atoms with van der Waals surface area (Å²) in [5, 5.41) is 11.2. The number of hydrogen-bond acceptors (Lipinski definition) is 7. The normalized spacial score (nSPS) is 35.4. The molecule has 6 atom stereocenters. The molecule has 9 nitrogen and oxygen atoms in total. The molecule has 2 aliphatic carbocycles. The van der Waals surface area contributed by atoms with E-state index in [-0.39, 0.29) is 47.2 Å². The number of carbonyl (C=O) groups is 4. The van der Waals surface area contributed by atoms with Gasteiger partial charge in [0.05, 0.1) is 31.5 Å². The first-order valence-corrected chi connectivity index (χ1v) is 13.1. The Kier molecular flexibility index (Phi) is 5.89. The number of nitrogens with zero attached hydrogens (tertiary/aromatic N) is 2. The molecule has 5 rings (SSSR count). The molecule has 3 fully saturated rings. The van der Waals surface area contributed by atoms with Gasteiger partial charge in [0.1, 0.15) is 17.2 Å². The average molecular weight is 602 g/mol. The van der Waals surface area contributed by atoms with E-state index in [1.807, 2.05) is 0 Å². The average Bonchev–Trinajstić information content (AvgIpc) is 3.17. The lowest BCUT2D eigenvalue weighted by atomic mass is 9.56. The van der Waals surface area contributed by atoms with Gasteiger partial charge in [0, 0.05) is 30.7 Å². The van der Waals surface area contributed by atoms with E-state index in [9.17, 15) is 24.3 Å². The number of ether oxygens (including phenoxy) is 2. The largest absolute Gasteiger partial charge is 0.507 e. The van der Waals surface area contributed by atoms with Crippen LogP contribution in [0.1, 0.15) is 24.3 Å². The Balaban J connectivity index is 1.81. The first-order chi connectivity index (χ1) is 17.0. The third-order valence-corrected chi connectivity index (χ3v) is 9.99. The maximum Gasteiger partial charge on any atom is 0.254 e. The molecule has 1 N–H and O–H groups in total. The van der Waals surface area contributed by atoms with Crippen LogP contribution in [0.4, 0.5) is 0 Å². The third-order valence-electron chi connectivity index (χ3n) is 8.07. The van der Waals surface area contributed by atoms with Crippen LogP contribution in [0, 0.1) is 17.8 Å². The lowest BCUT2D eigenvalue weighted by molar-refractivity contribution is -0.140. The highest BCUT2D eigenvalue weighted by molar-refractivity contribution is 9.09. The standard InChI is InChI=1S/C24H23BrCl2N2O7/c1-28-19(31)12-5-4-11-13(16(12)20(28)32)8-23(26)21(33)29(9-25)22(34)24(23,27)18(11)17-14(30)6-10(35-2)7-15(17)36-3/h4,6-7,12-13,16,18,30H,5,8-9H2,1-3H3/t12-,13+,16-,18+,23+,24-/m0/s1. The molecular weight excluding hydrogens is 579 g/mol. The van der Waals surface area contributed by atoms with Crippen LogP contribution in [0.25, 0.3) is 0 Å². The van der Waals surface area contributed by atoms with Crippen molar-refractivity contribution in [1.82, 2.24) is 9.80 Å². The van der Waals surface area contributed by atoms with Crippen molar-refractivity contribution < 1.29 is 33.8 Å². The topological polar surface area (TPSA) is 113 Å². The number of halogens is 3. The van der Waals surface area contributed by atoms with Crippen LogP contribution in [-0.2, 0) is 19.2 Å². The highest BCUT2D eigenvalue weighted by Crippen LogP contribution is 2.67. The molecule has 2 aliphatic heterocycles. The van der Waals surface area contributed by atoms with E-state index in [1.54, 1.807) is 6.08 Å². The van der Waals surface area contributed by atoms with E-state index < -0.39 is 45.2 Å².